The number of imidazole rings is 1. The Kier molecular flexibility index (Phi) is 4.20. The first-order valence-electron chi connectivity index (χ1n) is 7.85. The van der Waals surface area contributed by atoms with Crippen LogP contribution in [0.2, 0.25) is 0 Å². The highest BCUT2D eigenvalue weighted by atomic mass is 15.3. The van der Waals surface area contributed by atoms with Gasteiger partial charge in [-0.25, -0.2) is 9.50 Å². The Labute approximate surface area is 131 Å². The van der Waals surface area contributed by atoms with E-state index in [-0.39, 0.29) is 0 Å². The maximum absolute atomic E-state index is 4.74. The summed E-state index contributed by atoms with van der Waals surface area (Å²) in [6.07, 6.45) is 2.05. The van der Waals surface area contributed by atoms with Crippen molar-refractivity contribution in [2.75, 3.05) is 13.1 Å². The number of aromatic nitrogens is 3. The molecule has 0 unspecified atom stereocenters. The molecule has 0 aliphatic rings. The summed E-state index contributed by atoms with van der Waals surface area (Å²) in [4.78, 5) is 7.10. The quantitative estimate of drug-likeness (QED) is 0.721. The minimum Gasteiger partial charge on any atom is -0.298 e. The van der Waals surface area contributed by atoms with E-state index >= 15 is 0 Å². The molecule has 0 radical (unpaired) electrons. The first-order chi connectivity index (χ1) is 10.7. The van der Waals surface area contributed by atoms with E-state index < -0.39 is 0 Å². The first kappa shape index (κ1) is 14.7. The van der Waals surface area contributed by atoms with Crippen molar-refractivity contribution in [1.82, 2.24) is 19.5 Å². The number of rotatable bonds is 5. The third-order valence-electron chi connectivity index (χ3n) is 4.01. The molecule has 0 spiro atoms. The van der Waals surface area contributed by atoms with Gasteiger partial charge in [-0.1, -0.05) is 44.2 Å². The molecule has 3 rings (SSSR count). The third-order valence-corrected chi connectivity index (χ3v) is 4.01. The van der Waals surface area contributed by atoms with Gasteiger partial charge in [0, 0.05) is 12.1 Å². The highest BCUT2D eigenvalue weighted by Gasteiger charge is 2.10. The fraction of sp³-hybridized carbons (Fsp3) is 0.333. The first-order valence-corrected chi connectivity index (χ1v) is 7.85. The molecule has 0 atom stereocenters. The molecule has 3 aromatic rings. The minimum atomic E-state index is 0.871. The molecule has 114 valence electrons. The summed E-state index contributed by atoms with van der Waals surface area (Å²) in [6, 6.07) is 12.4. The van der Waals surface area contributed by atoms with Crippen molar-refractivity contribution in [3.8, 4) is 11.3 Å². The van der Waals surface area contributed by atoms with Crippen LogP contribution in [0.1, 0.15) is 25.1 Å². The lowest BCUT2D eigenvalue weighted by Gasteiger charge is -2.15. The van der Waals surface area contributed by atoms with Crippen LogP contribution in [0.15, 0.2) is 42.6 Å². The van der Waals surface area contributed by atoms with Crippen LogP contribution in [-0.4, -0.2) is 32.6 Å². The maximum atomic E-state index is 4.74. The van der Waals surface area contributed by atoms with Crippen molar-refractivity contribution >= 4 is 5.65 Å². The summed E-state index contributed by atoms with van der Waals surface area (Å²) in [6.45, 7) is 9.39. The second kappa shape index (κ2) is 6.28. The summed E-state index contributed by atoms with van der Waals surface area (Å²) in [5, 5.41) is 4.72. The zero-order chi connectivity index (χ0) is 15.5. The third kappa shape index (κ3) is 2.88. The number of nitrogens with zero attached hydrogens (tertiary/aromatic N) is 4. The molecule has 1 aromatic carbocycles. The SMILES string of the molecule is CCN(CC)Cc1cn2nc(-c3ccccc3)cc(C)c2n1. The number of fused-ring (bicyclic) bond motifs is 1. The Morgan fingerprint density at radius 3 is 2.50 bits per heavy atom. The predicted octanol–water partition coefficient (Wildman–Crippen LogP) is 3.55. The molecule has 0 aliphatic carbocycles. The largest absolute Gasteiger partial charge is 0.298 e. The summed E-state index contributed by atoms with van der Waals surface area (Å²) >= 11 is 0. The number of hydrogen-bond acceptors (Lipinski definition) is 3. The Balaban J connectivity index is 2.00. The molecule has 0 aliphatic heterocycles. The molecular weight excluding hydrogens is 272 g/mol. The Hall–Kier alpha value is -2.20. The fourth-order valence-corrected chi connectivity index (χ4v) is 2.68. The second-order valence-electron chi connectivity index (χ2n) is 5.54. The molecule has 0 amide bonds. The lowest BCUT2D eigenvalue weighted by atomic mass is 10.1. The molecule has 4 nitrogen and oxygen atoms in total. The van der Waals surface area contributed by atoms with Crippen LogP contribution >= 0.6 is 0 Å². The summed E-state index contributed by atoms with van der Waals surface area (Å²) in [5.74, 6) is 0. The number of hydrogen-bond donors (Lipinski definition) is 0. The average molecular weight is 294 g/mol. The van der Waals surface area contributed by atoms with Gasteiger partial charge in [0.25, 0.3) is 0 Å². The highest BCUT2D eigenvalue weighted by Crippen LogP contribution is 2.20. The van der Waals surface area contributed by atoms with Crippen LogP contribution < -0.4 is 0 Å². The van der Waals surface area contributed by atoms with Gasteiger partial charge in [-0.15, -0.1) is 0 Å². The molecule has 0 N–H and O–H groups in total. The minimum absolute atomic E-state index is 0.871. The van der Waals surface area contributed by atoms with Gasteiger partial charge in [-0.2, -0.15) is 5.10 Å². The van der Waals surface area contributed by atoms with Gasteiger partial charge in [0.05, 0.1) is 17.6 Å². The van der Waals surface area contributed by atoms with Gasteiger partial charge < -0.3 is 0 Å². The molecule has 22 heavy (non-hydrogen) atoms. The second-order valence-corrected chi connectivity index (χ2v) is 5.54. The smallest absolute Gasteiger partial charge is 0.156 e. The predicted molar refractivity (Wildman–Crippen MR) is 89.8 cm³/mol. The lowest BCUT2D eigenvalue weighted by Crippen LogP contribution is -2.22. The fourth-order valence-electron chi connectivity index (χ4n) is 2.68. The number of aryl methyl sites for hydroxylation is 1. The lowest BCUT2D eigenvalue weighted by molar-refractivity contribution is 0.293. The van der Waals surface area contributed by atoms with Crippen molar-refractivity contribution in [3.05, 3.63) is 53.9 Å². The van der Waals surface area contributed by atoms with Gasteiger partial charge in [0.1, 0.15) is 0 Å². The zero-order valence-electron chi connectivity index (χ0n) is 13.5. The van der Waals surface area contributed by atoms with E-state index in [1.54, 1.807) is 0 Å². The summed E-state index contributed by atoms with van der Waals surface area (Å²) < 4.78 is 1.91. The van der Waals surface area contributed by atoms with Crippen molar-refractivity contribution in [1.29, 1.82) is 0 Å². The summed E-state index contributed by atoms with van der Waals surface area (Å²) in [5.41, 5.74) is 5.29. The van der Waals surface area contributed by atoms with Crippen LogP contribution in [0.25, 0.3) is 16.9 Å². The molecule has 0 fully saturated rings. The Morgan fingerprint density at radius 2 is 1.82 bits per heavy atom. The van der Waals surface area contributed by atoms with Crippen molar-refractivity contribution in [2.45, 2.75) is 27.3 Å². The van der Waals surface area contributed by atoms with E-state index in [1.807, 2.05) is 28.9 Å². The van der Waals surface area contributed by atoms with Crippen LogP contribution in [0, 0.1) is 6.92 Å². The number of benzene rings is 1. The average Bonchev–Trinajstić information content (AvgIpc) is 2.96. The van der Waals surface area contributed by atoms with E-state index in [0.29, 0.717) is 0 Å². The van der Waals surface area contributed by atoms with E-state index in [4.69, 9.17) is 10.1 Å². The monoisotopic (exact) mass is 294 g/mol. The summed E-state index contributed by atoms with van der Waals surface area (Å²) in [7, 11) is 0. The van der Waals surface area contributed by atoms with E-state index in [9.17, 15) is 0 Å². The van der Waals surface area contributed by atoms with Crippen molar-refractivity contribution in [3.63, 3.8) is 0 Å². The van der Waals surface area contributed by atoms with E-state index in [1.165, 1.54) is 0 Å². The maximum Gasteiger partial charge on any atom is 0.156 e. The highest BCUT2D eigenvalue weighted by molar-refractivity contribution is 5.62. The normalized spacial score (nSPS) is 11.5. The molecular formula is C18H22N4. The van der Waals surface area contributed by atoms with Crippen molar-refractivity contribution in [2.24, 2.45) is 0 Å². The zero-order valence-corrected chi connectivity index (χ0v) is 13.5. The Bertz CT molecular complexity index is 757. The van der Waals surface area contributed by atoms with Crippen LogP contribution in [-0.2, 0) is 6.54 Å². The molecule has 2 heterocycles. The van der Waals surface area contributed by atoms with Crippen LogP contribution in [0.5, 0.6) is 0 Å². The van der Waals surface area contributed by atoms with Crippen LogP contribution in [0.4, 0.5) is 0 Å². The van der Waals surface area contributed by atoms with Gasteiger partial charge in [0.15, 0.2) is 5.65 Å². The standard InChI is InChI=1S/C18H22N4/c1-4-21(5-2)12-16-13-22-18(19-16)14(3)11-17(20-22)15-9-7-6-8-10-15/h6-11,13H,4-5,12H2,1-3H3. The molecule has 0 bridgehead atoms. The van der Waals surface area contributed by atoms with E-state index in [2.05, 4.69) is 43.9 Å². The molecule has 2 aromatic heterocycles. The molecule has 0 saturated heterocycles. The Morgan fingerprint density at radius 1 is 1.09 bits per heavy atom. The van der Waals surface area contributed by atoms with Gasteiger partial charge in [-0.05, 0) is 31.6 Å². The molecule has 4 heteroatoms. The molecule has 0 saturated carbocycles. The van der Waals surface area contributed by atoms with Crippen molar-refractivity contribution < 1.29 is 0 Å². The van der Waals surface area contributed by atoms with Gasteiger partial charge in [-0.3, -0.25) is 4.90 Å². The van der Waals surface area contributed by atoms with Gasteiger partial charge in [0.2, 0.25) is 0 Å². The van der Waals surface area contributed by atoms with Crippen LogP contribution in [0.3, 0.4) is 0 Å². The topological polar surface area (TPSA) is 33.4 Å². The van der Waals surface area contributed by atoms with Gasteiger partial charge >= 0.3 is 0 Å². The van der Waals surface area contributed by atoms with E-state index in [0.717, 1.165) is 47.8 Å².